The standard InChI is InChI=1S/C22H17Cl2FN6O2/c1-26-21-27-10-12-5-16(20(32)31(2)19(12)30-21)11-3-4-17(25)18(6-11)29-22(33)28-15-8-13(23)7-14(24)9-15/h3-10H,1-2H3,(H,26,27,30)(H2,28,29,33). The first-order valence-corrected chi connectivity index (χ1v) is 10.4. The van der Waals surface area contributed by atoms with Gasteiger partial charge in [-0.15, -0.1) is 0 Å². The molecular formula is C22H17Cl2FN6O2. The van der Waals surface area contributed by atoms with E-state index in [1.165, 1.54) is 41.0 Å². The number of amides is 2. The Hall–Kier alpha value is -3.69. The lowest BCUT2D eigenvalue weighted by molar-refractivity contribution is 0.262. The summed E-state index contributed by atoms with van der Waals surface area (Å²) >= 11 is 11.9. The van der Waals surface area contributed by atoms with Crippen LogP contribution in [0.5, 0.6) is 0 Å². The molecule has 2 amide bonds. The summed E-state index contributed by atoms with van der Waals surface area (Å²) in [6, 6.07) is 9.45. The van der Waals surface area contributed by atoms with Crippen LogP contribution in [0.25, 0.3) is 22.2 Å². The van der Waals surface area contributed by atoms with Crippen LogP contribution in [0.15, 0.2) is 53.5 Å². The Morgan fingerprint density at radius 1 is 1.06 bits per heavy atom. The van der Waals surface area contributed by atoms with E-state index in [2.05, 4.69) is 25.9 Å². The summed E-state index contributed by atoms with van der Waals surface area (Å²) in [5, 5.41) is 9.11. The second-order valence-electron chi connectivity index (χ2n) is 7.08. The van der Waals surface area contributed by atoms with Gasteiger partial charge in [-0.3, -0.25) is 9.36 Å². The molecule has 0 aliphatic rings. The fraction of sp³-hybridized carbons (Fsp3) is 0.0909. The molecule has 0 fully saturated rings. The highest BCUT2D eigenvalue weighted by molar-refractivity contribution is 6.35. The van der Waals surface area contributed by atoms with Crippen LogP contribution in [-0.2, 0) is 7.05 Å². The Morgan fingerprint density at radius 3 is 2.48 bits per heavy atom. The second-order valence-corrected chi connectivity index (χ2v) is 7.95. The van der Waals surface area contributed by atoms with E-state index >= 15 is 0 Å². The fourth-order valence-electron chi connectivity index (χ4n) is 3.27. The Morgan fingerprint density at radius 2 is 1.79 bits per heavy atom. The number of urea groups is 1. The van der Waals surface area contributed by atoms with Crippen LogP contribution in [0.3, 0.4) is 0 Å². The fourth-order valence-corrected chi connectivity index (χ4v) is 3.80. The number of halogens is 3. The van der Waals surface area contributed by atoms with Gasteiger partial charge in [-0.25, -0.2) is 14.2 Å². The van der Waals surface area contributed by atoms with Crippen LogP contribution >= 0.6 is 23.2 Å². The largest absolute Gasteiger partial charge is 0.357 e. The van der Waals surface area contributed by atoms with Gasteiger partial charge in [-0.1, -0.05) is 29.3 Å². The molecule has 0 radical (unpaired) electrons. The van der Waals surface area contributed by atoms with Crippen molar-refractivity contribution in [3.8, 4) is 11.1 Å². The highest BCUT2D eigenvalue weighted by Crippen LogP contribution is 2.26. The Kier molecular flexibility index (Phi) is 6.17. The molecule has 2 heterocycles. The van der Waals surface area contributed by atoms with Crippen LogP contribution in [0.4, 0.5) is 26.5 Å². The molecule has 168 valence electrons. The lowest BCUT2D eigenvalue weighted by Crippen LogP contribution is -2.21. The van der Waals surface area contributed by atoms with Crippen LogP contribution in [0.2, 0.25) is 10.0 Å². The molecule has 3 N–H and O–H groups in total. The van der Waals surface area contributed by atoms with E-state index in [9.17, 15) is 14.0 Å². The molecule has 33 heavy (non-hydrogen) atoms. The normalized spacial score (nSPS) is 10.8. The molecule has 4 aromatic rings. The molecule has 2 aromatic heterocycles. The average Bonchev–Trinajstić information content (AvgIpc) is 2.77. The SMILES string of the molecule is CNc1ncc2cc(-c3ccc(F)c(NC(=O)Nc4cc(Cl)cc(Cl)c4)c3)c(=O)n(C)c2n1. The van der Waals surface area contributed by atoms with E-state index in [1.54, 1.807) is 26.4 Å². The molecular weight excluding hydrogens is 470 g/mol. The summed E-state index contributed by atoms with van der Waals surface area (Å²) in [5.41, 5.74) is 1.06. The van der Waals surface area contributed by atoms with Gasteiger partial charge in [0.05, 0.1) is 5.69 Å². The number of hydrogen-bond donors (Lipinski definition) is 3. The van der Waals surface area contributed by atoms with Crippen molar-refractivity contribution in [2.24, 2.45) is 7.05 Å². The van der Waals surface area contributed by atoms with Crippen molar-refractivity contribution in [2.75, 3.05) is 23.0 Å². The van der Waals surface area contributed by atoms with Crippen LogP contribution in [-0.4, -0.2) is 27.6 Å². The number of anilines is 3. The van der Waals surface area contributed by atoms with E-state index in [0.29, 0.717) is 43.8 Å². The molecule has 2 aromatic carbocycles. The Labute approximate surface area is 197 Å². The zero-order valence-electron chi connectivity index (χ0n) is 17.4. The van der Waals surface area contributed by atoms with E-state index in [-0.39, 0.29) is 11.2 Å². The quantitative estimate of drug-likeness (QED) is 0.371. The number of benzene rings is 2. The third-order valence-electron chi connectivity index (χ3n) is 4.82. The number of hydrogen-bond acceptors (Lipinski definition) is 5. The minimum atomic E-state index is -0.705. The zero-order chi connectivity index (χ0) is 23.7. The summed E-state index contributed by atoms with van der Waals surface area (Å²) < 4.78 is 15.8. The van der Waals surface area contributed by atoms with E-state index < -0.39 is 11.8 Å². The molecule has 0 unspecified atom stereocenters. The summed E-state index contributed by atoms with van der Waals surface area (Å²) in [7, 11) is 3.27. The second kappa shape index (κ2) is 9.05. The summed E-state index contributed by atoms with van der Waals surface area (Å²) in [6.45, 7) is 0. The van der Waals surface area contributed by atoms with Crippen LogP contribution in [0.1, 0.15) is 0 Å². The van der Waals surface area contributed by atoms with Gasteiger partial charge in [0.15, 0.2) is 0 Å². The monoisotopic (exact) mass is 486 g/mol. The minimum Gasteiger partial charge on any atom is -0.357 e. The summed E-state index contributed by atoms with van der Waals surface area (Å²) in [5.74, 6) is -0.289. The maximum atomic E-state index is 14.4. The molecule has 11 heteroatoms. The van der Waals surface area contributed by atoms with Gasteiger partial charge in [0.1, 0.15) is 11.5 Å². The van der Waals surface area contributed by atoms with Crippen LogP contribution < -0.4 is 21.5 Å². The van der Waals surface area contributed by atoms with Crippen LogP contribution in [0, 0.1) is 5.82 Å². The molecule has 0 aliphatic heterocycles. The first-order valence-electron chi connectivity index (χ1n) is 9.63. The number of aromatic nitrogens is 3. The Bertz CT molecular complexity index is 1440. The third kappa shape index (κ3) is 4.74. The van der Waals surface area contributed by atoms with Crippen molar-refractivity contribution < 1.29 is 9.18 Å². The number of pyridine rings is 1. The molecule has 0 spiro atoms. The maximum Gasteiger partial charge on any atom is 0.323 e. The van der Waals surface area contributed by atoms with Gasteiger partial charge in [0.25, 0.3) is 5.56 Å². The number of nitrogens with zero attached hydrogens (tertiary/aromatic N) is 3. The summed E-state index contributed by atoms with van der Waals surface area (Å²) in [4.78, 5) is 33.8. The average molecular weight is 487 g/mol. The molecule has 0 bridgehead atoms. The number of rotatable bonds is 4. The smallest absolute Gasteiger partial charge is 0.323 e. The van der Waals surface area contributed by atoms with Crippen molar-refractivity contribution in [1.82, 2.24) is 14.5 Å². The maximum absolute atomic E-state index is 14.4. The predicted octanol–water partition coefficient (Wildman–Crippen LogP) is 5.13. The predicted molar refractivity (Wildman–Crippen MR) is 129 cm³/mol. The first kappa shape index (κ1) is 22.5. The minimum absolute atomic E-state index is 0.109. The van der Waals surface area contributed by atoms with Crippen molar-refractivity contribution in [3.05, 3.63) is 74.9 Å². The molecule has 0 saturated heterocycles. The van der Waals surface area contributed by atoms with Crippen molar-refractivity contribution in [2.45, 2.75) is 0 Å². The lowest BCUT2D eigenvalue weighted by atomic mass is 10.1. The third-order valence-corrected chi connectivity index (χ3v) is 5.25. The summed E-state index contributed by atoms with van der Waals surface area (Å²) in [6.07, 6.45) is 1.59. The number of fused-ring (bicyclic) bond motifs is 1. The van der Waals surface area contributed by atoms with Gasteiger partial charge >= 0.3 is 6.03 Å². The van der Waals surface area contributed by atoms with Crippen molar-refractivity contribution in [3.63, 3.8) is 0 Å². The van der Waals surface area contributed by atoms with Gasteiger partial charge in [-0.05, 0) is 42.0 Å². The van der Waals surface area contributed by atoms with Gasteiger partial charge < -0.3 is 16.0 Å². The highest BCUT2D eigenvalue weighted by Gasteiger charge is 2.14. The van der Waals surface area contributed by atoms with Gasteiger partial charge in [0.2, 0.25) is 5.95 Å². The molecule has 0 atom stereocenters. The number of carbonyl (C=O) groups excluding carboxylic acids is 1. The molecule has 4 rings (SSSR count). The molecule has 0 saturated carbocycles. The van der Waals surface area contributed by atoms with Gasteiger partial charge in [0, 0.05) is 47.0 Å². The van der Waals surface area contributed by atoms with Crippen molar-refractivity contribution in [1.29, 1.82) is 0 Å². The molecule has 0 aliphatic carbocycles. The number of aryl methyl sites for hydroxylation is 1. The van der Waals surface area contributed by atoms with Gasteiger partial charge in [-0.2, -0.15) is 4.98 Å². The van der Waals surface area contributed by atoms with E-state index in [0.717, 1.165) is 0 Å². The van der Waals surface area contributed by atoms with Crippen molar-refractivity contribution >= 4 is 57.6 Å². The lowest BCUT2D eigenvalue weighted by Gasteiger charge is -2.12. The number of nitrogens with one attached hydrogen (secondary N) is 3. The Balaban J connectivity index is 1.67. The molecule has 8 nitrogen and oxygen atoms in total. The van der Waals surface area contributed by atoms with E-state index in [4.69, 9.17) is 23.2 Å². The topological polar surface area (TPSA) is 101 Å². The number of carbonyl (C=O) groups is 1. The zero-order valence-corrected chi connectivity index (χ0v) is 18.9. The highest BCUT2D eigenvalue weighted by atomic mass is 35.5. The first-order chi connectivity index (χ1) is 15.7. The van der Waals surface area contributed by atoms with E-state index in [1.807, 2.05) is 0 Å².